The smallest absolute Gasteiger partial charge is 0.248 e. The zero-order chi connectivity index (χ0) is 12.9. The van der Waals surface area contributed by atoms with Gasteiger partial charge in [-0.3, -0.25) is 4.79 Å². The van der Waals surface area contributed by atoms with Crippen LogP contribution in [0.4, 0.5) is 0 Å². The molecule has 0 heterocycles. The molecule has 4 heteroatoms. The quantitative estimate of drug-likeness (QED) is 0.706. The second-order valence-corrected chi connectivity index (χ2v) is 6.41. The maximum Gasteiger partial charge on any atom is 0.248 e. The summed E-state index contributed by atoms with van der Waals surface area (Å²) in [6, 6.07) is 0.463. The lowest BCUT2D eigenvalue weighted by Gasteiger charge is -2.38. The summed E-state index contributed by atoms with van der Waals surface area (Å²) in [5.74, 6) is 0.144. The monoisotopic (exact) mass is 305 g/mol. The van der Waals surface area contributed by atoms with Crippen LogP contribution in [0.25, 0.3) is 0 Å². The Morgan fingerprint density at radius 1 is 1.41 bits per heavy atom. The second-order valence-electron chi connectivity index (χ2n) is 5.62. The molecule has 0 N–H and O–H groups in total. The van der Waals surface area contributed by atoms with E-state index >= 15 is 0 Å². The van der Waals surface area contributed by atoms with E-state index in [1.807, 2.05) is 25.7 Å². The lowest BCUT2D eigenvalue weighted by Crippen LogP contribution is -2.47. The number of halogens is 1. The Morgan fingerprint density at radius 2 is 2.06 bits per heavy atom. The van der Waals surface area contributed by atoms with E-state index in [1.165, 1.54) is 6.42 Å². The van der Waals surface area contributed by atoms with E-state index in [4.69, 9.17) is 4.74 Å². The molecule has 0 spiro atoms. The van der Waals surface area contributed by atoms with E-state index in [0.717, 1.165) is 31.1 Å². The largest absolute Gasteiger partial charge is 0.366 e. The topological polar surface area (TPSA) is 29.5 Å². The van der Waals surface area contributed by atoms with Crippen molar-refractivity contribution in [1.29, 1.82) is 0 Å². The summed E-state index contributed by atoms with van der Waals surface area (Å²) in [5, 5.41) is 0.948. The first-order valence-electron chi connectivity index (χ1n) is 6.43. The van der Waals surface area contributed by atoms with E-state index in [1.54, 1.807) is 0 Å². The maximum atomic E-state index is 12.1. The highest BCUT2D eigenvalue weighted by molar-refractivity contribution is 9.09. The molecular formula is C13H24BrNO2. The number of rotatable bonds is 6. The van der Waals surface area contributed by atoms with Crippen LogP contribution in [0.1, 0.15) is 46.5 Å². The van der Waals surface area contributed by atoms with Crippen molar-refractivity contribution in [2.45, 2.75) is 58.1 Å². The number of hydrogen-bond acceptors (Lipinski definition) is 2. The van der Waals surface area contributed by atoms with Crippen molar-refractivity contribution >= 4 is 21.8 Å². The Morgan fingerprint density at radius 3 is 2.47 bits per heavy atom. The van der Waals surface area contributed by atoms with Crippen LogP contribution in [0.3, 0.4) is 0 Å². The van der Waals surface area contributed by atoms with Gasteiger partial charge in [0, 0.05) is 17.9 Å². The molecule has 0 aliphatic heterocycles. The van der Waals surface area contributed by atoms with Crippen molar-refractivity contribution < 1.29 is 9.53 Å². The van der Waals surface area contributed by atoms with Crippen molar-refractivity contribution in [3.05, 3.63) is 0 Å². The highest BCUT2D eigenvalue weighted by Gasteiger charge is 2.28. The Bertz CT molecular complexity index is 246. The van der Waals surface area contributed by atoms with E-state index < -0.39 is 0 Å². The Balaban J connectivity index is 2.41. The second kappa shape index (κ2) is 6.74. The highest BCUT2D eigenvalue weighted by atomic mass is 79.9. The summed E-state index contributed by atoms with van der Waals surface area (Å²) < 4.78 is 5.57. The van der Waals surface area contributed by atoms with Gasteiger partial charge in [0.05, 0.1) is 5.60 Å². The molecule has 0 atom stereocenters. The predicted molar refractivity (Wildman–Crippen MR) is 73.5 cm³/mol. The van der Waals surface area contributed by atoms with E-state index in [2.05, 4.69) is 15.9 Å². The first-order valence-corrected chi connectivity index (χ1v) is 7.55. The number of alkyl halides is 1. The van der Waals surface area contributed by atoms with Gasteiger partial charge in [0.2, 0.25) is 5.91 Å². The molecule has 0 aromatic carbocycles. The van der Waals surface area contributed by atoms with Crippen LogP contribution in [0.2, 0.25) is 0 Å². The first kappa shape index (κ1) is 15.0. The van der Waals surface area contributed by atoms with Gasteiger partial charge in [-0.2, -0.15) is 0 Å². The first-order chi connectivity index (χ1) is 7.94. The molecule has 0 saturated heterocycles. The molecule has 0 aromatic rings. The van der Waals surface area contributed by atoms with Crippen LogP contribution in [0, 0.1) is 0 Å². The lowest BCUT2D eigenvalue weighted by molar-refractivity contribution is -0.145. The minimum atomic E-state index is -0.240. The number of amides is 1. The van der Waals surface area contributed by atoms with Crippen LogP contribution in [0.5, 0.6) is 0 Å². The Kier molecular flexibility index (Phi) is 5.93. The third kappa shape index (κ3) is 5.38. The fourth-order valence-corrected chi connectivity index (χ4v) is 2.05. The molecule has 1 aliphatic carbocycles. The van der Waals surface area contributed by atoms with Crippen molar-refractivity contribution in [2.24, 2.45) is 0 Å². The minimum Gasteiger partial charge on any atom is -0.366 e. The third-order valence-corrected chi connectivity index (χ3v) is 3.56. The number of nitrogens with zero attached hydrogens (tertiary/aromatic N) is 1. The SMILES string of the molecule is CC(C)(C)OCC(=O)N(CCCBr)C1CCC1. The molecule has 1 rings (SSSR count). The van der Waals surface area contributed by atoms with Gasteiger partial charge in [-0.25, -0.2) is 0 Å². The van der Waals surface area contributed by atoms with Crippen LogP contribution < -0.4 is 0 Å². The maximum absolute atomic E-state index is 12.1. The fraction of sp³-hybridized carbons (Fsp3) is 0.923. The van der Waals surface area contributed by atoms with Crippen LogP contribution >= 0.6 is 15.9 Å². The Hall–Kier alpha value is -0.0900. The van der Waals surface area contributed by atoms with Crippen molar-refractivity contribution in [3.63, 3.8) is 0 Å². The average Bonchev–Trinajstić information content (AvgIpc) is 2.16. The minimum absolute atomic E-state index is 0.144. The highest BCUT2D eigenvalue weighted by Crippen LogP contribution is 2.25. The lowest BCUT2D eigenvalue weighted by atomic mass is 9.91. The standard InChI is InChI=1S/C13H24BrNO2/c1-13(2,3)17-10-12(16)15(9-5-8-14)11-6-4-7-11/h11H,4-10H2,1-3H3. The van der Waals surface area contributed by atoms with Crippen molar-refractivity contribution in [3.8, 4) is 0 Å². The molecule has 0 bridgehead atoms. The zero-order valence-electron chi connectivity index (χ0n) is 11.2. The van der Waals surface area contributed by atoms with E-state index in [9.17, 15) is 4.79 Å². The van der Waals surface area contributed by atoms with Gasteiger partial charge in [-0.15, -0.1) is 0 Å². The normalized spacial score (nSPS) is 16.7. The molecule has 0 radical (unpaired) electrons. The summed E-state index contributed by atoms with van der Waals surface area (Å²) in [6.07, 6.45) is 4.58. The number of ether oxygens (including phenoxy) is 1. The molecule has 1 fully saturated rings. The van der Waals surface area contributed by atoms with Crippen LogP contribution in [-0.2, 0) is 9.53 Å². The van der Waals surface area contributed by atoms with Crippen LogP contribution in [-0.4, -0.2) is 40.9 Å². The zero-order valence-corrected chi connectivity index (χ0v) is 12.8. The van der Waals surface area contributed by atoms with Gasteiger partial charge in [0.15, 0.2) is 0 Å². The summed E-state index contributed by atoms with van der Waals surface area (Å²) in [7, 11) is 0. The molecule has 1 saturated carbocycles. The predicted octanol–water partition coefficient (Wildman–Crippen LogP) is 2.97. The third-order valence-electron chi connectivity index (χ3n) is 3.00. The van der Waals surface area contributed by atoms with E-state index in [-0.39, 0.29) is 18.1 Å². The van der Waals surface area contributed by atoms with Gasteiger partial charge in [-0.05, 0) is 46.5 Å². The summed E-state index contributed by atoms with van der Waals surface area (Å²) in [5.41, 5.74) is -0.240. The van der Waals surface area contributed by atoms with Gasteiger partial charge >= 0.3 is 0 Å². The van der Waals surface area contributed by atoms with Crippen molar-refractivity contribution in [2.75, 3.05) is 18.5 Å². The van der Waals surface area contributed by atoms with Gasteiger partial charge in [-0.1, -0.05) is 15.9 Å². The summed E-state index contributed by atoms with van der Waals surface area (Å²) >= 11 is 3.42. The van der Waals surface area contributed by atoms with Crippen LogP contribution in [0.15, 0.2) is 0 Å². The van der Waals surface area contributed by atoms with Gasteiger partial charge in [0.25, 0.3) is 0 Å². The molecule has 0 aromatic heterocycles. The number of carbonyl (C=O) groups excluding carboxylic acids is 1. The average molecular weight is 306 g/mol. The van der Waals surface area contributed by atoms with E-state index in [0.29, 0.717) is 6.04 Å². The number of carbonyl (C=O) groups is 1. The molecule has 0 unspecified atom stereocenters. The molecule has 3 nitrogen and oxygen atoms in total. The van der Waals surface area contributed by atoms with Gasteiger partial charge in [0.1, 0.15) is 6.61 Å². The molecule has 100 valence electrons. The molecule has 17 heavy (non-hydrogen) atoms. The summed E-state index contributed by atoms with van der Waals surface area (Å²) in [6.45, 7) is 7.00. The molecule has 1 aliphatic rings. The molecule has 1 amide bonds. The molecular weight excluding hydrogens is 282 g/mol. The Labute approximate surface area is 113 Å². The fourth-order valence-electron chi connectivity index (χ4n) is 1.80. The summed E-state index contributed by atoms with van der Waals surface area (Å²) in [4.78, 5) is 14.1. The number of hydrogen-bond donors (Lipinski definition) is 0. The van der Waals surface area contributed by atoms with Gasteiger partial charge < -0.3 is 9.64 Å². The van der Waals surface area contributed by atoms with Crippen molar-refractivity contribution in [1.82, 2.24) is 4.90 Å².